The fourth-order valence-corrected chi connectivity index (χ4v) is 2.24. The van der Waals surface area contributed by atoms with Crippen LogP contribution in [0.5, 0.6) is 0 Å². The van der Waals surface area contributed by atoms with Crippen LogP contribution >= 0.6 is 0 Å². The lowest BCUT2D eigenvalue weighted by Crippen LogP contribution is -2.50. The Bertz CT molecular complexity index is 279. The molecule has 0 aliphatic heterocycles. The number of hydrogen-bond donors (Lipinski definition) is 1. The molecule has 0 spiro atoms. The van der Waals surface area contributed by atoms with Gasteiger partial charge in [-0.3, -0.25) is 14.5 Å². The van der Waals surface area contributed by atoms with Gasteiger partial charge in [0.2, 0.25) is 5.91 Å². The second kappa shape index (κ2) is 6.15. The van der Waals surface area contributed by atoms with Crippen molar-refractivity contribution in [1.82, 2.24) is 10.2 Å². The summed E-state index contributed by atoms with van der Waals surface area (Å²) in [6, 6.07) is 0.405. The number of carbonyl (C=O) groups is 2. The van der Waals surface area contributed by atoms with Gasteiger partial charge in [0.15, 0.2) is 0 Å². The molecule has 1 saturated carbocycles. The van der Waals surface area contributed by atoms with Crippen LogP contribution in [0, 0.1) is 0 Å². The van der Waals surface area contributed by atoms with E-state index in [-0.39, 0.29) is 18.0 Å². The minimum absolute atomic E-state index is 0.0689. The highest BCUT2D eigenvalue weighted by Gasteiger charge is 2.28. The van der Waals surface area contributed by atoms with E-state index in [1.807, 2.05) is 27.8 Å². The molecule has 98 valence electrons. The van der Waals surface area contributed by atoms with Crippen molar-refractivity contribution in [2.24, 2.45) is 0 Å². The third-order valence-electron chi connectivity index (χ3n) is 3.51. The monoisotopic (exact) mass is 240 g/mol. The number of nitrogens with one attached hydrogen (secondary N) is 1. The number of carbonyl (C=O) groups excluding carboxylic acids is 2. The van der Waals surface area contributed by atoms with E-state index in [2.05, 4.69) is 10.2 Å². The van der Waals surface area contributed by atoms with Crippen molar-refractivity contribution < 1.29 is 9.59 Å². The van der Waals surface area contributed by atoms with Gasteiger partial charge >= 0.3 is 0 Å². The number of Topliss-reactive ketones (excluding diaryl/α,β-unsaturated/α-hetero) is 1. The predicted molar refractivity (Wildman–Crippen MR) is 67.8 cm³/mol. The van der Waals surface area contributed by atoms with Crippen LogP contribution in [-0.2, 0) is 9.59 Å². The maximum atomic E-state index is 11.9. The highest BCUT2D eigenvalue weighted by atomic mass is 16.2. The van der Waals surface area contributed by atoms with Crippen molar-refractivity contribution in [3.8, 4) is 0 Å². The first-order valence-corrected chi connectivity index (χ1v) is 6.45. The molecule has 1 rings (SSSR count). The standard InChI is InChI=1S/C13H24N2O2/c1-9(2)14-13(17)10(3)15(4)11-5-7-12(16)8-6-11/h9-11H,5-8H2,1-4H3,(H,14,17). The van der Waals surface area contributed by atoms with Crippen molar-refractivity contribution in [2.45, 2.75) is 64.6 Å². The number of rotatable bonds is 4. The first-order valence-electron chi connectivity index (χ1n) is 6.45. The minimum Gasteiger partial charge on any atom is -0.353 e. The third kappa shape index (κ3) is 4.11. The summed E-state index contributed by atoms with van der Waals surface area (Å²) in [4.78, 5) is 25.2. The molecule has 1 fully saturated rings. The number of ketones is 1. The summed E-state index contributed by atoms with van der Waals surface area (Å²) in [7, 11) is 1.98. The lowest BCUT2D eigenvalue weighted by Gasteiger charge is -2.34. The van der Waals surface area contributed by atoms with Gasteiger partial charge in [0.1, 0.15) is 5.78 Å². The van der Waals surface area contributed by atoms with Crippen LogP contribution in [0.15, 0.2) is 0 Å². The number of amides is 1. The van der Waals surface area contributed by atoms with E-state index < -0.39 is 0 Å². The lowest BCUT2D eigenvalue weighted by atomic mass is 9.92. The molecule has 1 aliphatic rings. The molecule has 4 heteroatoms. The SMILES string of the molecule is CC(C)NC(=O)C(C)N(C)C1CCC(=O)CC1. The maximum Gasteiger partial charge on any atom is 0.237 e. The Kier molecular flexibility index (Phi) is 5.12. The largest absolute Gasteiger partial charge is 0.353 e. The number of nitrogens with zero attached hydrogens (tertiary/aromatic N) is 1. The average molecular weight is 240 g/mol. The highest BCUT2D eigenvalue weighted by molar-refractivity contribution is 5.82. The molecule has 0 radical (unpaired) electrons. The molecule has 0 aromatic heterocycles. The topological polar surface area (TPSA) is 49.4 Å². The molecular formula is C13H24N2O2. The summed E-state index contributed by atoms with van der Waals surface area (Å²) in [5, 5.41) is 2.92. The van der Waals surface area contributed by atoms with Crippen molar-refractivity contribution in [1.29, 1.82) is 0 Å². The minimum atomic E-state index is -0.129. The predicted octanol–water partition coefficient (Wildman–Crippen LogP) is 1.34. The molecule has 4 nitrogen and oxygen atoms in total. The van der Waals surface area contributed by atoms with Crippen molar-refractivity contribution in [2.75, 3.05) is 7.05 Å². The summed E-state index contributed by atoms with van der Waals surface area (Å²) >= 11 is 0. The van der Waals surface area contributed by atoms with Gasteiger partial charge in [-0.15, -0.1) is 0 Å². The summed E-state index contributed by atoms with van der Waals surface area (Å²) in [6.45, 7) is 5.85. The van der Waals surface area contributed by atoms with Crippen LogP contribution in [0.3, 0.4) is 0 Å². The normalized spacial score (nSPS) is 19.8. The van der Waals surface area contributed by atoms with Crippen LogP contribution in [0.4, 0.5) is 0 Å². The zero-order valence-electron chi connectivity index (χ0n) is 11.3. The van der Waals surface area contributed by atoms with Gasteiger partial charge in [-0.1, -0.05) is 0 Å². The summed E-state index contributed by atoms with van der Waals surface area (Å²) in [5.41, 5.74) is 0. The quantitative estimate of drug-likeness (QED) is 0.807. The fraction of sp³-hybridized carbons (Fsp3) is 0.846. The lowest BCUT2D eigenvalue weighted by molar-refractivity contribution is -0.127. The van der Waals surface area contributed by atoms with Gasteiger partial charge in [-0.25, -0.2) is 0 Å². The van der Waals surface area contributed by atoms with E-state index in [0.717, 1.165) is 12.8 Å². The Morgan fingerprint density at radius 2 is 1.82 bits per heavy atom. The van der Waals surface area contributed by atoms with Crippen LogP contribution in [-0.4, -0.2) is 41.8 Å². The summed E-state index contributed by atoms with van der Waals surface area (Å²) in [6.07, 6.45) is 3.09. The Balaban J connectivity index is 2.48. The van der Waals surface area contributed by atoms with E-state index >= 15 is 0 Å². The van der Waals surface area contributed by atoms with Gasteiger partial charge in [-0.05, 0) is 40.7 Å². The van der Waals surface area contributed by atoms with Crippen LogP contribution in [0.1, 0.15) is 46.5 Å². The molecule has 0 heterocycles. The zero-order chi connectivity index (χ0) is 13.0. The number of hydrogen-bond acceptors (Lipinski definition) is 3. The second-order valence-corrected chi connectivity index (χ2v) is 5.27. The van der Waals surface area contributed by atoms with Crippen molar-refractivity contribution >= 4 is 11.7 Å². The fourth-order valence-electron chi connectivity index (χ4n) is 2.24. The van der Waals surface area contributed by atoms with Crippen molar-refractivity contribution in [3.63, 3.8) is 0 Å². The summed E-state index contributed by atoms with van der Waals surface area (Å²) < 4.78 is 0. The van der Waals surface area contributed by atoms with Crippen molar-refractivity contribution in [3.05, 3.63) is 0 Å². The zero-order valence-corrected chi connectivity index (χ0v) is 11.3. The molecule has 0 bridgehead atoms. The molecule has 1 atom stereocenters. The van der Waals surface area contributed by atoms with E-state index in [1.54, 1.807) is 0 Å². The van der Waals surface area contributed by atoms with Gasteiger partial charge in [0.25, 0.3) is 0 Å². The van der Waals surface area contributed by atoms with Gasteiger partial charge in [0, 0.05) is 24.9 Å². The first-order chi connectivity index (χ1) is 7.91. The van der Waals surface area contributed by atoms with E-state index in [1.165, 1.54) is 0 Å². The van der Waals surface area contributed by atoms with Gasteiger partial charge in [0.05, 0.1) is 6.04 Å². The molecule has 1 N–H and O–H groups in total. The third-order valence-corrected chi connectivity index (χ3v) is 3.51. The van der Waals surface area contributed by atoms with Crippen LogP contribution in [0.2, 0.25) is 0 Å². The van der Waals surface area contributed by atoms with Gasteiger partial charge < -0.3 is 5.32 Å². The Labute approximate surface area is 104 Å². The Morgan fingerprint density at radius 1 is 1.29 bits per heavy atom. The molecule has 1 amide bonds. The highest BCUT2D eigenvalue weighted by Crippen LogP contribution is 2.21. The smallest absolute Gasteiger partial charge is 0.237 e. The first kappa shape index (κ1) is 14.2. The Hall–Kier alpha value is -0.900. The molecular weight excluding hydrogens is 216 g/mol. The van der Waals surface area contributed by atoms with E-state index in [0.29, 0.717) is 24.7 Å². The number of likely N-dealkylation sites (N-methyl/N-ethyl adjacent to an activating group) is 1. The molecule has 0 saturated heterocycles. The van der Waals surface area contributed by atoms with Crippen LogP contribution < -0.4 is 5.32 Å². The van der Waals surface area contributed by atoms with Crippen LogP contribution in [0.25, 0.3) is 0 Å². The molecule has 1 aliphatic carbocycles. The van der Waals surface area contributed by atoms with Gasteiger partial charge in [-0.2, -0.15) is 0 Å². The van der Waals surface area contributed by atoms with E-state index in [9.17, 15) is 9.59 Å². The maximum absolute atomic E-state index is 11.9. The second-order valence-electron chi connectivity index (χ2n) is 5.27. The average Bonchev–Trinajstić information content (AvgIpc) is 2.27. The molecule has 17 heavy (non-hydrogen) atoms. The molecule has 0 aromatic carbocycles. The molecule has 0 aromatic rings. The summed E-state index contributed by atoms with van der Waals surface area (Å²) in [5.74, 6) is 0.424. The molecule has 1 unspecified atom stereocenters. The van der Waals surface area contributed by atoms with E-state index in [4.69, 9.17) is 0 Å². The Morgan fingerprint density at radius 3 is 2.29 bits per heavy atom.